The Morgan fingerprint density at radius 1 is 1.33 bits per heavy atom. The molecule has 0 bridgehead atoms. The van der Waals surface area contributed by atoms with Crippen molar-refractivity contribution < 1.29 is 34.3 Å². The zero-order chi connectivity index (χ0) is 4.71. The van der Waals surface area contributed by atoms with E-state index in [1.165, 1.54) is 0 Å². The largest absolute Gasteiger partial charge is 1.00 e. The van der Waals surface area contributed by atoms with E-state index in [1.54, 1.807) is 14.2 Å². The molecule has 0 aromatic rings. The van der Waals surface area contributed by atoms with E-state index in [2.05, 4.69) is 4.74 Å². The molecule has 0 rings (SSSR count). The Hall–Kier alpha value is 0.450. The van der Waals surface area contributed by atoms with Crippen molar-refractivity contribution in [2.75, 3.05) is 14.2 Å². The molecule has 0 unspecified atom stereocenters. The van der Waals surface area contributed by atoms with Crippen LogP contribution in [0.1, 0.15) is 0 Å². The fraction of sp³-hybridized carbons (Fsp3) is 0.667. The summed E-state index contributed by atoms with van der Waals surface area (Å²) >= 11 is 0. The topological polar surface area (TPSA) is 33.0 Å². The summed E-state index contributed by atoms with van der Waals surface area (Å²) in [5.41, 5.74) is 0. The first-order valence-corrected chi connectivity index (χ1v) is 1.04. The normalized spacial score (nSPS) is 3.33. The van der Waals surface area contributed by atoms with Crippen LogP contribution in [0.5, 0.6) is 0 Å². The van der Waals surface area contributed by atoms with E-state index in [9.17, 15) is 0 Å². The standard InChI is InChI=1S/C2H6O.CN.Na/c1-3-2;1-2;/h1-2H3;;/q;-1;+1. The number of rotatable bonds is 0. The first-order valence-electron chi connectivity index (χ1n) is 1.04. The zero-order valence-corrected chi connectivity index (χ0v) is 6.36. The van der Waals surface area contributed by atoms with Gasteiger partial charge in [-0.3, -0.25) is 0 Å². The molecule has 0 saturated heterocycles. The molecule has 6 heavy (non-hydrogen) atoms. The SMILES string of the molecule is COC.[C-]#N.[Na+]. The van der Waals surface area contributed by atoms with Gasteiger partial charge in [0.05, 0.1) is 0 Å². The fourth-order valence-corrected chi connectivity index (χ4v) is 0. The number of ether oxygens (including phenoxy) is 1. The Labute approximate surface area is 60.4 Å². The molecular weight excluding hydrogens is 89.0 g/mol. The average molecular weight is 95.1 g/mol. The first-order chi connectivity index (χ1) is 2.41. The molecule has 0 N–H and O–H groups in total. The Morgan fingerprint density at radius 2 is 1.33 bits per heavy atom. The zero-order valence-electron chi connectivity index (χ0n) is 4.36. The molecule has 0 atom stereocenters. The van der Waals surface area contributed by atoms with Crippen LogP contribution in [-0.2, 0) is 4.74 Å². The van der Waals surface area contributed by atoms with Crippen LogP contribution in [-0.4, -0.2) is 14.2 Å². The fourth-order valence-electron chi connectivity index (χ4n) is 0. The van der Waals surface area contributed by atoms with Crippen LogP contribution in [0.3, 0.4) is 0 Å². The Bertz CT molecular complexity index is 22.0. The predicted octanol–water partition coefficient (Wildman–Crippen LogP) is -2.64. The summed E-state index contributed by atoms with van der Waals surface area (Å²) in [7, 11) is 3.25. The molecule has 0 aliphatic rings. The maximum absolute atomic E-state index is 6.25. The van der Waals surface area contributed by atoms with Gasteiger partial charge in [-0.05, 0) is 0 Å². The van der Waals surface area contributed by atoms with Gasteiger partial charge in [-0.25, -0.2) is 0 Å². The summed E-state index contributed by atoms with van der Waals surface area (Å²) in [6.45, 7) is 4.75. The second-order valence-corrected chi connectivity index (χ2v) is 0.408. The Balaban J connectivity index is -0.0000000275. The van der Waals surface area contributed by atoms with Gasteiger partial charge in [0.25, 0.3) is 0 Å². The van der Waals surface area contributed by atoms with Crippen molar-refractivity contribution in [1.82, 2.24) is 0 Å². The molecular formula is C3H6NNaO. The van der Waals surface area contributed by atoms with Crippen LogP contribution < -0.4 is 29.6 Å². The first kappa shape index (κ1) is 16.1. The van der Waals surface area contributed by atoms with E-state index in [0.29, 0.717) is 0 Å². The van der Waals surface area contributed by atoms with E-state index in [0.717, 1.165) is 0 Å². The number of hydrogen-bond acceptors (Lipinski definition) is 2. The molecule has 0 radical (unpaired) electrons. The maximum atomic E-state index is 6.25. The number of methoxy groups -OCH3 is 1. The van der Waals surface area contributed by atoms with Gasteiger partial charge in [0.2, 0.25) is 0 Å². The van der Waals surface area contributed by atoms with Crippen molar-refractivity contribution >= 4 is 0 Å². The molecule has 0 aromatic heterocycles. The van der Waals surface area contributed by atoms with Gasteiger partial charge in [-0.2, -0.15) is 0 Å². The molecule has 0 spiro atoms. The summed E-state index contributed by atoms with van der Waals surface area (Å²) in [4.78, 5) is 0. The molecule has 0 heterocycles. The van der Waals surface area contributed by atoms with E-state index < -0.39 is 0 Å². The quantitative estimate of drug-likeness (QED) is 0.243. The molecule has 30 valence electrons. The van der Waals surface area contributed by atoms with Crippen LogP contribution in [0.15, 0.2) is 0 Å². The van der Waals surface area contributed by atoms with Crippen LogP contribution in [0.2, 0.25) is 0 Å². The predicted molar refractivity (Wildman–Crippen MR) is 17.9 cm³/mol. The van der Waals surface area contributed by atoms with Gasteiger partial charge in [0.1, 0.15) is 0 Å². The Kier molecular flexibility index (Phi) is 138. The second kappa shape index (κ2) is 51.3. The number of hydrogen-bond donors (Lipinski definition) is 0. The van der Waals surface area contributed by atoms with Gasteiger partial charge in [0, 0.05) is 14.2 Å². The van der Waals surface area contributed by atoms with Crippen LogP contribution in [0.4, 0.5) is 0 Å². The van der Waals surface area contributed by atoms with Gasteiger partial charge >= 0.3 is 29.6 Å². The maximum Gasteiger partial charge on any atom is 1.00 e. The summed E-state index contributed by atoms with van der Waals surface area (Å²) in [6.07, 6.45) is 0. The smallest absolute Gasteiger partial charge is 0.512 e. The minimum atomic E-state index is 0. The van der Waals surface area contributed by atoms with E-state index in [-0.39, 0.29) is 29.6 Å². The van der Waals surface area contributed by atoms with E-state index in [4.69, 9.17) is 11.8 Å². The van der Waals surface area contributed by atoms with Crippen molar-refractivity contribution in [1.29, 1.82) is 5.26 Å². The minimum absolute atomic E-state index is 0. The van der Waals surface area contributed by atoms with Crippen LogP contribution in [0, 0.1) is 11.8 Å². The molecule has 0 amide bonds. The van der Waals surface area contributed by atoms with Crippen molar-refractivity contribution in [3.63, 3.8) is 0 Å². The van der Waals surface area contributed by atoms with Gasteiger partial charge in [-0.1, -0.05) is 0 Å². The van der Waals surface area contributed by atoms with Crippen molar-refractivity contribution in [2.24, 2.45) is 0 Å². The molecule has 2 nitrogen and oxygen atoms in total. The van der Waals surface area contributed by atoms with Crippen molar-refractivity contribution in [2.45, 2.75) is 0 Å². The monoisotopic (exact) mass is 95.0 g/mol. The van der Waals surface area contributed by atoms with Crippen LogP contribution >= 0.6 is 0 Å². The third kappa shape index (κ3) is 262. The molecule has 0 aromatic carbocycles. The third-order valence-electron chi connectivity index (χ3n) is 0. The Morgan fingerprint density at radius 3 is 1.33 bits per heavy atom. The molecule has 0 aliphatic heterocycles. The summed E-state index contributed by atoms with van der Waals surface area (Å²) in [5, 5.41) is 6.25. The molecule has 0 aliphatic carbocycles. The molecule has 0 fully saturated rings. The van der Waals surface area contributed by atoms with Gasteiger partial charge < -0.3 is 16.6 Å². The molecule has 0 saturated carbocycles. The van der Waals surface area contributed by atoms with Crippen molar-refractivity contribution in [3.05, 3.63) is 6.57 Å². The minimum Gasteiger partial charge on any atom is -0.512 e. The molecule has 3 heteroatoms. The summed E-state index contributed by atoms with van der Waals surface area (Å²) < 4.78 is 4.25. The van der Waals surface area contributed by atoms with E-state index in [1.807, 2.05) is 0 Å². The van der Waals surface area contributed by atoms with Crippen molar-refractivity contribution in [3.8, 4) is 0 Å². The summed E-state index contributed by atoms with van der Waals surface area (Å²) in [6, 6.07) is 0. The average Bonchev–Trinajstić information content (AvgIpc) is 1.46. The number of nitrogens with zero attached hydrogens (tertiary/aromatic N) is 1. The van der Waals surface area contributed by atoms with Gasteiger partial charge in [-0.15, -0.1) is 0 Å². The van der Waals surface area contributed by atoms with Crippen LogP contribution in [0.25, 0.3) is 0 Å². The second-order valence-electron chi connectivity index (χ2n) is 0.408. The van der Waals surface area contributed by atoms with E-state index >= 15 is 0 Å². The third-order valence-corrected chi connectivity index (χ3v) is 0. The summed E-state index contributed by atoms with van der Waals surface area (Å²) in [5.74, 6) is 0. The van der Waals surface area contributed by atoms with Gasteiger partial charge in [0.15, 0.2) is 0 Å².